The van der Waals surface area contributed by atoms with Crippen LogP contribution in [0.3, 0.4) is 0 Å². The van der Waals surface area contributed by atoms with Crippen LogP contribution in [0.1, 0.15) is 38.7 Å². The third kappa shape index (κ3) is 7.01. The molecule has 0 aromatic heterocycles. The predicted octanol–water partition coefficient (Wildman–Crippen LogP) is 3.23. The second-order valence-corrected chi connectivity index (χ2v) is 5.13. The van der Waals surface area contributed by atoms with Gasteiger partial charge in [0.1, 0.15) is 0 Å². The standard InChI is InChI=1S/C15H26N2/c1-13(2)5-3-4-11-17-12-10-14-6-8-15(16)9-7-14/h6-9,13,17H,3-5,10-12,16H2,1-2H3. The molecule has 1 aromatic carbocycles. The summed E-state index contributed by atoms with van der Waals surface area (Å²) in [5, 5.41) is 3.49. The fourth-order valence-corrected chi connectivity index (χ4v) is 1.84. The van der Waals surface area contributed by atoms with Gasteiger partial charge in [-0.2, -0.15) is 0 Å². The molecule has 0 fully saturated rings. The summed E-state index contributed by atoms with van der Waals surface area (Å²) in [4.78, 5) is 0. The first-order valence-electron chi connectivity index (χ1n) is 6.73. The van der Waals surface area contributed by atoms with E-state index in [1.807, 2.05) is 12.1 Å². The topological polar surface area (TPSA) is 38.0 Å². The number of hydrogen-bond acceptors (Lipinski definition) is 2. The van der Waals surface area contributed by atoms with E-state index in [1.165, 1.54) is 24.8 Å². The zero-order valence-electron chi connectivity index (χ0n) is 11.2. The molecule has 0 saturated carbocycles. The first-order valence-corrected chi connectivity index (χ1v) is 6.73. The largest absolute Gasteiger partial charge is 0.399 e. The summed E-state index contributed by atoms with van der Waals surface area (Å²) < 4.78 is 0. The number of rotatable bonds is 8. The van der Waals surface area contributed by atoms with E-state index in [9.17, 15) is 0 Å². The predicted molar refractivity (Wildman–Crippen MR) is 76.1 cm³/mol. The van der Waals surface area contributed by atoms with E-state index >= 15 is 0 Å². The van der Waals surface area contributed by atoms with E-state index in [-0.39, 0.29) is 0 Å². The van der Waals surface area contributed by atoms with Gasteiger partial charge in [-0.1, -0.05) is 38.8 Å². The lowest BCUT2D eigenvalue weighted by Gasteiger charge is -2.06. The van der Waals surface area contributed by atoms with Crippen LogP contribution in [0.15, 0.2) is 24.3 Å². The van der Waals surface area contributed by atoms with Crippen LogP contribution >= 0.6 is 0 Å². The van der Waals surface area contributed by atoms with E-state index in [4.69, 9.17) is 5.73 Å². The van der Waals surface area contributed by atoms with E-state index in [0.29, 0.717) is 0 Å². The number of nitrogens with two attached hydrogens (primary N) is 1. The molecule has 1 rings (SSSR count). The monoisotopic (exact) mass is 234 g/mol. The fraction of sp³-hybridized carbons (Fsp3) is 0.600. The van der Waals surface area contributed by atoms with Crippen molar-refractivity contribution >= 4 is 5.69 Å². The van der Waals surface area contributed by atoms with Crippen molar-refractivity contribution in [2.75, 3.05) is 18.8 Å². The molecule has 2 nitrogen and oxygen atoms in total. The van der Waals surface area contributed by atoms with Crippen molar-refractivity contribution in [1.82, 2.24) is 5.32 Å². The Hall–Kier alpha value is -1.02. The van der Waals surface area contributed by atoms with E-state index in [0.717, 1.165) is 31.1 Å². The van der Waals surface area contributed by atoms with Gasteiger partial charge in [0.15, 0.2) is 0 Å². The molecule has 0 aliphatic carbocycles. The van der Waals surface area contributed by atoms with Crippen molar-refractivity contribution < 1.29 is 0 Å². The summed E-state index contributed by atoms with van der Waals surface area (Å²) in [7, 11) is 0. The van der Waals surface area contributed by atoms with Gasteiger partial charge in [-0.05, 0) is 49.5 Å². The van der Waals surface area contributed by atoms with Crippen molar-refractivity contribution in [3.8, 4) is 0 Å². The molecule has 0 radical (unpaired) electrons. The molecular formula is C15H26N2. The molecule has 1 aromatic rings. The molecule has 3 N–H and O–H groups in total. The summed E-state index contributed by atoms with van der Waals surface area (Å²) >= 11 is 0. The molecule has 2 heteroatoms. The van der Waals surface area contributed by atoms with Gasteiger partial charge in [-0.25, -0.2) is 0 Å². The van der Waals surface area contributed by atoms with Gasteiger partial charge in [0, 0.05) is 5.69 Å². The van der Waals surface area contributed by atoms with Crippen LogP contribution in [0.25, 0.3) is 0 Å². The lowest BCUT2D eigenvalue weighted by Crippen LogP contribution is -2.18. The van der Waals surface area contributed by atoms with Crippen LogP contribution in [0.5, 0.6) is 0 Å². The van der Waals surface area contributed by atoms with Crippen LogP contribution in [0, 0.1) is 5.92 Å². The molecule has 0 atom stereocenters. The maximum Gasteiger partial charge on any atom is 0.0314 e. The summed E-state index contributed by atoms with van der Waals surface area (Å²) in [6, 6.07) is 8.15. The highest BCUT2D eigenvalue weighted by molar-refractivity contribution is 5.39. The molecule has 0 aliphatic rings. The van der Waals surface area contributed by atoms with E-state index in [2.05, 4.69) is 31.3 Å². The van der Waals surface area contributed by atoms with Gasteiger partial charge < -0.3 is 11.1 Å². The van der Waals surface area contributed by atoms with Crippen LogP contribution < -0.4 is 11.1 Å². The fourth-order valence-electron chi connectivity index (χ4n) is 1.84. The maximum absolute atomic E-state index is 5.65. The molecule has 0 saturated heterocycles. The molecule has 0 amide bonds. The zero-order valence-corrected chi connectivity index (χ0v) is 11.2. The molecule has 0 aliphatic heterocycles. The quantitative estimate of drug-likeness (QED) is 0.535. The van der Waals surface area contributed by atoms with Gasteiger partial charge in [0.25, 0.3) is 0 Å². The summed E-state index contributed by atoms with van der Waals surface area (Å²) in [6.07, 6.45) is 5.07. The minimum Gasteiger partial charge on any atom is -0.399 e. The van der Waals surface area contributed by atoms with Gasteiger partial charge in [0.2, 0.25) is 0 Å². The lowest BCUT2D eigenvalue weighted by molar-refractivity contribution is 0.521. The highest BCUT2D eigenvalue weighted by Crippen LogP contribution is 2.06. The molecule has 0 heterocycles. The number of hydrogen-bond donors (Lipinski definition) is 2. The third-order valence-corrected chi connectivity index (χ3v) is 2.96. The molecule has 0 unspecified atom stereocenters. The Morgan fingerprint density at radius 2 is 1.76 bits per heavy atom. The first-order chi connectivity index (χ1) is 8.18. The van der Waals surface area contributed by atoms with E-state index in [1.54, 1.807) is 0 Å². The molecule has 17 heavy (non-hydrogen) atoms. The van der Waals surface area contributed by atoms with Crippen LogP contribution in [0.4, 0.5) is 5.69 Å². The Morgan fingerprint density at radius 3 is 2.41 bits per heavy atom. The Morgan fingerprint density at radius 1 is 1.06 bits per heavy atom. The average Bonchev–Trinajstić information content (AvgIpc) is 2.30. The Labute approximate surface area is 106 Å². The normalized spacial score (nSPS) is 11.0. The molecular weight excluding hydrogens is 208 g/mol. The summed E-state index contributed by atoms with van der Waals surface area (Å²) in [5.74, 6) is 0.838. The van der Waals surface area contributed by atoms with Crippen molar-refractivity contribution in [3.05, 3.63) is 29.8 Å². The molecule has 0 spiro atoms. The van der Waals surface area contributed by atoms with E-state index < -0.39 is 0 Å². The van der Waals surface area contributed by atoms with Crippen LogP contribution in [-0.2, 0) is 6.42 Å². The summed E-state index contributed by atoms with van der Waals surface area (Å²) in [5.41, 5.74) is 7.84. The van der Waals surface area contributed by atoms with Crippen molar-refractivity contribution in [2.45, 2.75) is 39.5 Å². The number of unbranched alkanes of at least 4 members (excludes halogenated alkanes) is 1. The Kier molecular flexibility index (Phi) is 6.71. The van der Waals surface area contributed by atoms with Crippen molar-refractivity contribution in [1.29, 1.82) is 0 Å². The van der Waals surface area contributed by atoms with Gasteiger partial charge >= 0.3 is 0 Å². The molecule has 0 bridgehead atoms. The lowest BCUT2D eigenvalue weighted by atomic mass is 10.1. The van der Waals surface area contributed by atoms with Gasteiger partial charge in [-0.15, -0.1) is 0 Å². The van der Waals surface area contributed by atoms with Gasteiger partial charge in [-0.3, -0.25) is 0 Å². The van der Waals surface area contributed by atoms with Crippen LogP contribution in [0.2, 0.25) is 0 Å². The van der Waals surface area contributed by atoms with Crippen LogP contribution in [-0.4, -0.2) is 13.1 Å². The highest BCUT2D eigenvalue weighted by atomic mass is 14.8. The maximum atomic E-state index is 5.65. The SMILES string of the molecule is CC(C)CCCCNCCc1ccc(N)cc1. The number of benzene rings is 1. The minimum absolute atomic E-state index is 0.838. The number of nitrogen functional groups attached to an aromatic ring is 1. The number of nitrogens with one attached hydrogen (secondary N) is 1. The number of anilines is 1. The smallest absolute Gasteiger partial charge is 0.0314 e. The first kappa shape index (κ1) is 14.0. The van der Waals surface area contributed by atoms with Crippen molar-refractivity contribution in [3.63, 3.8) is 0 Å². The third-order valence-electron chi connectivity index (χ3n) is 2.96. The Bertz CT molecular complexity index is 290. The van der Waals surface area contributed by atoms with Gasteiger partial charge in [0.05, 0.1) is 0 Å². The highest BCUT2D eigenvalue weighted by Gasteiger charge is 1.95. The zero-order chi connectivity index (χ0) is 12.5. The summed E-state index contributed by atoms with van der Waals surface area (Å²) in [6.45, 7) is 6.77. The minimum atomic E-state index is 0.838. The Balaban J connectivity index is 1.99. The second-order valence-electron chi connectivity index (χ2n) is 5.13. The molecule has 96 valence electrons. The average molecular weight is 234 g/mol. The second kappa shape index (κ2) is 8.13. The van der Waals surface area contributed by atoms with Crippen molar-refractivity contribution in [2.24, 2.45) is 5.92 Å².